The first-order chi connectivity index (χ1) is 14.4. The molecule has 0 fully saturated rings. The Balaban J connectivity index is 1.46. The summed E-state index contributed by atoms with van der Waals surface area (Å²) in [5, 5.41) is 16.6. The SMILES string of the molecule is CC(C)(C)N(C(=O)OCCCCc1nnc(-c2ccccc2)nn1)c1ccccc1. The number of aryl methyl sites for hydroxylation is 1. The van der Waals surface area contributed by atoms with Gasteiger partial charge >= 0.3 is 6.09 Å². The molecular formula is C23H27N5O2. The highest BCUT2D eigenvalue weighted by atomic mass is 16.6. The monoisotopic (exact) mass is 405 g/mol. The Labute approximate surface area is 177 Å². The topological polar surface area (TPSA) is 81.1 Å². The predicted molar refractivity (Wildman–Crippen MR) is 116 cm³/mol. The van der Waals surface area contributed by atoms with Crippen LogP contribution >= 0.6 is 0 Å². The molecule has 0 aliphatic heterocycles. The highest BCUT2D eigenvalue weighted by Gasteiger charge is 2.29. The summed E-state index contributed by atoms with van der Waals surface area (Å²) in [5.74, 6) is 1.10. The summed E-state index contributed by atoms with van der Waals surface area (Å²) in [6.07, 6.45) is 1.78. The molecule has 0 bridgehead atoms. The first kappa shape index (κ1) is 21.4. The third-order valence-corrected chi connectivity index (χ3v) is 4.44. The van der Waals surface area contributed by atoms with E-state index in [1.165, 1.54) is 0 Å². The van der Waals surface area contributed by atoms with Crippen molar-refractivity contribution >= 4 is 11.8 Å². The van der Waals surface area contributed by atoms with Crippen LogP contribution in [0.3, 0.4) is 0 Å². The average Bonchev–Trinajstić information content (AvgIpc) is 2.74. The smallest absolute Gasteiger partial charge is 0.414 e. The van der Waals surface area contributed by atoms with Crippen molar-refractivity contribution in [1.29, 1.82) is 0 Å². The zero-order valence-corrected chi connectivity index (χ0v) is 17.7. The van der Waals surface area contributed by atoms with E-state index in [9.17, 15) is 4.79 Å². The van der Waals surface area contributed by atoms with Crippen LogP contribution in [0.2, 0.25) is 0 Å². The summed E-state index contributed by atoms with van der Waals surface area (Å²) < 4.78 is 5.51. The van der Waals surface area contributed by atoms with Crippen LogP contribution in [-0.4, -0.2) is 38.6 Å². The molecule has 0 radical (unpaired) electrons. The van der Waals surface area contributed by atoms with Crippen molar-refractivity contribution < 1.29 is 9.53 Å². The maximum atomic E-state index is 12.7. The number of para-hydroxylation sites is 1. The van der Waals surface area contributed by atoms with E-state index < -0.39 is 0 Å². The number of hydrogen-bond acceptors (Lipinski definition) is 6. The standard InChI is InChI=1S/C23H27N5O2/c1-23(2,3)28(19-14-8-5-9-15-19)22(29)30-17-11-10-16-20-24-26-21(27-25-20)18-12-6-4-7-13-18/h4-9,12-15H,10-11,16-17H2,1-3H3. The van der Waals surface area contributed by atoms with Gasteiger partial charge in [0.2, 0.25) is 5.82 Å². The summed E-state index contributed by atoms with van der Waals surface area (Å²) in [7, 11) is 0. The third-order valence-electron chi connectivity index (χ3n) is 4.44. The molecule has 156 valence electrons. The number of unbranched alkanes of at least 4 members (excludes halogenated alkanes) is 1. The van der Waals surface area contributed by atoms with Gasteiger partial charge in [-0.15, -0.1) is 20.4 Å². The molecule has 3 aromatic rings. The highest BCUT2D eigenvalue weighted by molar-refractivity contribution is 5.89. The molecule has 0 N–H and O–H groups in total. The lowest BCUT2D eigenvalue weighted by Crippen LogP contribution is -2.46. The number of benzene rings is 2. The zero-order valence-electron chi connectivity index (χ0n) is 17.7. The summed E-state index contributed by atoms with van der Waals surface area (Å²) in [4.78, 5) is 14.3. The molecule has 2 aromatic carbocycles. The van der Waals surface area contributed by atoms with Gasteiger partial charge in [-0.2, -0.15) is 0 Å². The highest BCUT2D eigenvalue weighted by Crippen LogP contribution is 2.24. The number of nitrogens with zero attached hydrogens (tertiary/aromatic N) is 5. The lowest BCUT2D eigenvalue weighted by molar-refractivity contribution is 0.146. The van der Waals surface area contributed by atoms with Gasteiger partial charge in [-0.25, -0.2) is 4.79 Å². The lowest BCUT2D eigenvalue weighted by Gasteiger charge is -2.34. The molecule has 0 aliphatic rings. The number of hydrogen-bond donors (Lipinski definition) is 0. The minimum atomic E-state index is -0.385. The van der Waals surface area contributed by atoms with E-state index in [4.69, 9.17) is 4.74 Å². The van der Waals surface area contributed by atoms with Crippen molar-refractivity contribution in [2.75, 3.05) is 11.5 Å². The fourth-order valence-electron chi connectivity index (χ4n) is 3.01. The zero-order chi connectivity index (χ0) is 21.4. The molecule has 0 atom stereocenters. The van der Waals surface area contributed by atoms with Gasteiger partial charge < -0.3 is 4.74 Å². The minimum Gasteiger partial charge on any atom is -0.449 e. The fraction of sp³-hybridized carbons (Fsp3) is 0.348. The fourth-order valence-corrected chi connectivity index (χ4v) is 3.01. The number of ether oxygens (including phenoxy) is 1. The van der Waals surface area contributed by atoms with E-state index in [-0.39, 0.29) is 11.6 Å². The molecule has 7 heteroatoms. The van der Waals surface area contributed by atoms with E-state index in [2.05, 4.69) is 20.4 Å². The van der Waals surface area contributed by atoms with Crippen molar-refractivity contribution in [3.8, 4) is 11.4 Å². The first-order valence-corrected chi connectivity index (χ1v) is 10.1. The molecule has 1 amide bonds. The van der Waals surface area contributed by atoms with Gasteiger partial charge in [0.05, 0.1) is 6.61 Å². The molecule has 0 unspecified atom stereocenters. The summed E-state index contributed by atoms with van der Waals surface area (Å²) in [6.45, 7) is 6.29. The Morgan fingerprint density at radius 3 is 2.07 bits per heavy atom. The maximum absolute atomic E-state index is 12.7. The van der Waals surface area contributed by atoms with E-state index in [0.717, 1.165) is 17.7 Å². The molecular weight excluding hydrogens is 378 g/mol. The number of anilines is 1. The second-order valence-electron chi connectivity index (χ2n) is 7.92. The largest absolute Gasteiger partial charge is 0.449 e. The number of aromatic nitrogens is 4. The molecule has 1 heterocycles. The average molecular weight is 406 g/mol. The van der Waals surface area contributed by atoms with E-state index in [0.29, 0.717) is 31.1 Å². The third kappa shape index (κ3) is 5.83. The molecule has 7 nitrogen and oxygen atoms in total. The van der Waals surface area contributed by atoms with Crippen LogP contribution in [0.4, 0.5) is 10.5 Å². The van der Waals surface area contributed by atoms with Gasteiger partial charge in [-0.3, -0.25) is 4.90 Å². The van der Waals surface area contributed by atoms with Crippen LogP contribution in [0.5, 0.6) is 0 Å². The van der Waals surface area contributed by atoms with Crippen molar-refractivity contribution in [1.82, 2.24) is 20.4 Å². The molecule has 0 saturated heterocycles. The summed E-state index contributed by atoms with van der Waals surface area (Å²) >= 11 is 0. The van der Waals surface area contributed by atoms with Crippen LogP contribution in [0.25, 0.3) is 11.4 Å². The number of carbonyl (C=O) groups excluding carboxylic acids is 1. The van der Waals surface area contributed by atoms with Gasteiger partial charge in [0.1, 0.15) is 0 Å². The van der Waals surface area contributed by atoms with Crippen LogP contribution in [0.1, 0.15) is 39.4 Å². The Morgan fingerprint density at radius 1 is 0.867 bits per heavy atom. The van der Waals surface area contributed by atoms with Crippen LogP contribution < -0.4 is 4.90 Å². The molecule has 0 aliphatic carbocycles. The molecule has 0 saturated carbocycles. The minimum absolute atomic E-state index is 0.335. The molecule has 3 rings (SSSR count). The number of rotatable bonds is 7. The first-order valence-electron chi connectivity index (χ1n) is 10.1. The Hall–Kier alpha value is -3.35. The van der Waals surface area contributed by atoms with Crippen molar-refractivity contribution in [3.05, 3.63) is 66.5 Å². The number of amides is 1. The van der Waals surface area contributed by atoms with Gasteiger partial charge in [-0.05, 0) is 45.7 Å². The van der Waals surface area contributed by atoms with Gasteiger partial charge in [0.15, 0.2) is 5.82 Å². The normalized spacial score (nSPS) is 11.2. The maximum Gasteiger partial charge on any atom is 0.414 e. The van der Waals surface area contributed by atoms with Crippen LogP contribution in [0, 0.1) is 0 Å². The summed E-state index contributed by atoms with van der Waals surface area (Å²) in [5.41, 5.74) is 1.32. The van der Waals surface area contributed by atoms with Crippen molar-refractivity contribution in [3.63, 3.8) is 0 Å². The quantitative estimate of drug-likeness (QED) is 0.530. The Kier molecular flexibility index (Phi) is 7.06. The Bertz CT molecular complexity index is 925. The van der Waals surface area contributed by atoms with E-state index in [1.807, 2.05) is 81.4 Å². The van der Waals surface area contributed by atoms with Crippen LogP contribution in [-0.2, 0) is 11.2 Å². The number of carbonyl (C=O) groups is 1. The van der Waals surface area contributed by atoms with Crippen molar-refractivity contribution in [2.45, 2.75) is 45.6 Å². The molecule has 1 aromatic heterocycles. The van der Waals surface area contributed by atoms with Gasteiger partial charge in [0.25, 0.3) is 0 Å². The van der Waals surface area contributed by atoms with E-state index >= 15 is 0 Å². The second kappa shape index (κ2) is 9.91. The second-order valence-corrected chi connectivity index (χ2v) is 7.92. The van der Waals surface area contributed by atoms with Crippen molar-refractivity contribution in [2.24, 2.45) is 0 Å². The van der Waals surface area contributed by atoms with Gasteiger partial charge in [0, 0.05) is 23.2 Å². The van der Waals surface area contributed by atoms with E-state index in [1.54, 1.807) is 4.90 Å². The van der Waals surface area contributed by atoms with Gasteiger partial charge in [-0.1, -0.05) is 48.5 Å². The summed E-state index contributed by atoms with van der Waals surface area (Å²) in [6, 6.07) is 19.2. The predicted octanol–water partition coefficient (Wildman–Crippen LogP) is 4.70. The Morgan fingerprint density at radius 2 is 1.47 bits per heavy atom. The molecule has 30 heavy (non-hydrogen) atoms. The van der Waals surface area contributed by atoms with Crippen LogP contribution in [0.15, 0.2) is 60.7 Å². The lowest BCUT2D eigenvalue weighted by atomic mass is 10.1. The molecule has 0 spiro atoms.